The molecule has 1 aliphatic heterocycles. The van der Waals surface area contributed by atoms with E-state index < -0.39 is 28.8 Å². The lowest BCUT2D eigenvalue weighted by Crippen LogP contribution is -2.43. The number of halogens is 3. The Morgan fingerprint density at radius 3 is 2.58 bits per heavy atom. The molecular formula is C26H24BrF2N3O3S. The quantitative estimate of drug-likeness (QED) is 0.309. The van der Waals surface area contributed by atoms with Crippen LogP contribution in [0.3, 0.4) is 0 Å². The van der Waals surface area contributed by atoms with Crippen molar-refractivity contribution in [3.63, 3.8) is 0 Å². The predicted octanol–water partition coefficient (Wildman–Crippen LogP) is 5.60. The van der Waals surface area contributed by atoms with Gasteiger partial charge in [-0.3, -0.25) is 0 Å². The maximum Gasteiger partial charge on any atom is 0.183 e. The number of aromatic nitrogens is 3. The minimum absolute atomic E-state index is 0.00211. The molecule has 0 saturated carbocycles. The van der Waals surface area contributed by atoms with Crippen molar-refractivity contribution >= 4 is 38.5 Å². The van der Waals surface area contributed by atoms with Crippen molar-refractivity contribution in [1.29, 1.82) is 0 Å². The third-order valence-corrected chi connectivity index (χ3v) is 8.25. The molecule has 188 valence electrons. The lowest BCUT2D eigenvalue weighted by Gasteiger charge is -2.37. The molecule has 3 aromatic carbocycles. The molecule has 6 nitrogen and oxygen atoms in total. The Hall–Kier alpha value is -2.37. The maximum absolute atomic E-state index is 14.8. The van der Waals surface area contributed by atoms with Crippen LogP contribution < -0.4 is 0 Å². The highest BCUT2D eigenvalue weighted by Gasteiger charge is 2.41. The summed E-state index contributed by atoms with van der Waals surface area (Å²) in [4.78, 5) is 3.91. The number of hydrogen-bond donors (Lipinski definition) is 1. The van der Waals surface area contributed by atoms with E-state index in [4.69, 9.17) is 9.47 Å². The van der Waals surface area contributed by atoms with Gasteiger partial charge < -0.3 is 14.6 Å². The molecular weight excluding hydrogens is 552 g/mol. The van der Waals surface area contributed by atoms with Gasteiger partial charge in [-0.25, -0.2) is 18.4 Å². The first-order valence-corrected chi connectivity index (χ1v) is 13.1. The summed E-state index contributed by atoms with van der Waals surface area (Å²) in [7, 11) is 0. The fourth-order valence-electron chi connectivity index (χ4n) is 4.37. The summed E-state index contributed by atoms with van der Waals surface area (Å²) < 4.78 is 42.9. The van der Waals surface area contributed by atoms with E-state index in [0.29, 0.717) is 13.2 Å². The van der Waals surface area contributed by atoms with Crippen LogP contribution in [-0.4, -0.2) is 43.6 Å². The highest BCUT2D eigenvalue weighted by atomic mass is 79.9. The van der Waals surface area contributed by atoms with E-state index in [0.717, 1.165) is 32.9 Å². The van der Waals surface area contributed by atoms with Crippen LogP contribution in [0.25, 0.3) is 10.8 Å². The van der Waals surface area contributed by atoms with E-state index >= 15 is 0 Å². The second-order valence-electron chi connectivity index (χ2n) is 8.79. The molecule has 0 amide bonds. The van der Waals surface area contributed by atoms with E-state index in [1.54, 1.807) is 6.92 Å². The van der Waals surface area contributed by atoms with Gasteiger partial charge in [-0.05, 0) is 35.0 Å². The SMILES string of the molecule is CC(SC1COC(c2ccc3cc(Br)ccc3c2)OC1)C(O)(Cn1cncn1)c1ccc(F)cc1F. The summed E-state index contributed by atoms with van der Waals surface area (Å²) >= 11 is 4.92. The van der Waals surface area contributed by atoms with Gasteiger partial charge in [0, 0.05) is 26.9 Å². The summed E-state index contributed by atoms with van der Waals surface area (Å²) in [6.45, 7) is 2.54. The first-order valence-electron chi connectivity index (χ1n) is 11.4. The Bertz CT molecular complexity index is 1350. The third kappa shape index (κ3) is 5.33. The van der Waals surface area contributed by atoms with Crippen molar-refractivity contribution in [2.45, 2.75) is 35.9 Å². The molecule has 1 N–H and O–H groups in total. The smallest absolute Gasteiger partial charge is 0.183 e. The van der Waals surface area contributed by atoms with E-state index in [2.05, 4.69) is 38.1 Å². The predicted molar refractivity (Wildman–Crippen MR) is 137 cm³/mol. The van der Waals surface area contributed by atoms with Gasteiger partial charge in [0.2, 0.25) is 0 Å². The zero-order valence-electron chi connectivity index (χ0n) is 19.4. The van der Waals surface area contributed by atoms with Crippen LogP contribution in [-0.2, 0) is 21.6 Å². The number of nitrogens with zero attached hydrogens (tertiary/aromatic N) is 3. The molecule has 0 bridgehead atoms. The normalized spacial score (nSPS) is 20.8. The highest BCUT2D eigenvalue weighted by Crippen LogP contribution is 2.39. The standard InChI is InChI=1S/C26H24BrF2N3O3S/c1-16(26(33,13-32-15-30-14-31-32)23-7-6-21(28)10-24(23)29)36-22-11-34-25(35-12-22)19-3-2-18-9-20(27)5-4-17(18)8-19/h2-10,14-16,22,25,33H,11-13H2,1H3. The lowest BCUT2D eigenvalue weighted by atomic mass is 9.90. The summed E-state index contributed by atoms with van der Waals surface area (Å²) in [5, 5.41) is 17.4. The number of thioether (sulfide) groups is 1. The monoisotopic (exact) mass is 575 g/mol. The Kier molecular flexibility index (Phi) is 7.41. The summed E-state index contributed by atoms with van der Waals surface area (Å²) in [6, 6.07) is 15.4. The van der Waals surface area contributed by atoms with Crippen molar-refractivity contribution in [2.24, 2.45) is 0 Å². The van der Waals surface area contributed by atoms with Crippen molar-refractivity contribution in [1.82, 2.24) is 14.8 Å². The van der Waals surface area contributed by atoms with E-state index in [-0.39, 0.29) is 17.4 Å². The molecule has 2 atom stereocenters. The van der Waals surface area contributed by atoms with Crippen LogP contribution in [0.5, 0.6) is 0 Å². The van der Waals surface area contributed by atoms with E-state index in [1.165, 1.54) is 35.2 Å². The van der Waals surface area contributed by atoms with E-state index in [1.807, 2.05) is 24.3 Å². The maximum atomic E-state index is 14.8. The van der Waals surface area contributed by atoms with Crippen LogP contribution in [0, 0.1) is 11.6 Å². The number of benzene rings is 3. The molecule has 4 aromatic rings. The molecule has 0 spiro atoms. The molecule has 1 saturated heterocycles. The Balaban J connectivity index is 1.29. The Morgan fingerprint density at radius 2 is 1.86 bits per heavy atom. The van der Waals surface area contributed by atoms with Gasteiger partial charge in [-0.1, -0.05) is 47.1 Å². The average molecular weight is 576 g/mol. The van der Waals surface area contributed by atoms with Gasteiger partial charge >= 0.3 is 0 Å². The topological polar surface area (TPSA) is 69.4 Å². The molecule has 2 heterocycles. The molecule has 1 aromatic heterocycles. The van der Waals surface area contributed by atoms with Crippen LogP contribution in [0.4, 0.5) is 8.78 Å². The molecule has 0 aliphatic carbocycles. The molecule has 36 heavy (non-hydrogen) atoms. The second kappa shape index (κ2) is 10.5. The van der Waals surface area contributed by atoms with Gasteiger partial charge in [-0.2, -0.15) is 5.10 Å². The Labute approximate surface area is 219 Å². The first kappa shape index (κ1) is 25.3. The van der Waals surface area contributed by atoms with Crippen LogP contribution >= 0.6 is 27.7 Å². The van der Waals surface area contributed by atoms with Gasteiger partial charge in [0.1, 0.15) is 29.9 Å². The van der Waals surface area contributed by atoms with Crippen molar-refractivity contribution in [3.8, 4) is 0 Å². The highest BCUT2D eigenvalue weighted by molar-refractivity contribution is 9.10. The van der Waals surface area contributed by atoms with Crippen molar-refractivity contribution in [2.75, 3.05) is 13.2 Å². The Morgan fingerprint density at radius 1 is 1.11 bits per heavy atom. The van der Waals surface area contributed by atoms with Gasteiger partial charge in [0.25, 0.3) is 0 Å². The number of hydrogen-bond acceptors (Lipinski definition) is 6. The van der Waals surface area contributed by atoms with Gasteiger partial charge in [0.15, 0.2) is 6.29 Å². The van der Waals surface area contributed by atoms with Crippen LogP contribution in [0.2, 0.25) is 0 Å². The lowest BCUT2D eigenvalue weighted by molar-refractivity contribution is -0.179. The summed E-state index contributed by atoms with van der Waals surface area (Å²) in [5.41, 5.74) is -0.755. The molecule has 5 rings (SSSR count). The van der Waals surface area contributed by atoms with Gasteiger partial charge in [0.05, 0.1) is 25.0 Å². The van der Waals surface area contributed by atoms with Crippen LogP contribution in [0.1, 0.15) is 24.3 Å². The summed E-state index contributed by atoms with van der Waals surface area (Å²) in [5.74, 6) is -1.52. The molecule has 1 fully saturated rings. The van der Waals surface area contributed by atoms with Gasteiger partial charge in [-0.15, -0.1) is 11.8 Å². The summed E-state index contributed by atoms with van der Waals surface area (Å²) in [6.07, 6.45) is 2.30. The molecule has 2 unspecified atom stereocenters. The fourth-order valence-corrected chi connectivity index (χ4v) is 6.07. The average Bonchev–Trinajstić information content (AvgIpc) is 3.37. The minimum Gasteiger partial charge on any atom is -0.382 e. The molecule has 1 aliphatic rings. The second-order valence-corrected chi connectivity index (χ2v) is 11.4. The molecule has 0 radical (unpaired) electrons. The van der Waals surface area contributed by atoms with E-state index in [9.17, 15) is 13.9 Å². The fraction of sp³-hybridized carbons (Fsp3) is 0.308. The third-order valence-electron chi connectivity index (χ3n) is 6.30. The van der Waals surface area contributed by atoms with Crippen molar-refractivity contribution < 1.29 is 23.4 Å². The zero-order valence-corrected chi connectivity index (χ0v) is 21.8. The first-order chi connectivity index (χ1) is 17.3. The number of fused-ring (bicyclic) bond motifs is 1. The number of aliphatic hydroxyl groups is 1. The number of ether oxygens (including phenoxy) is 2. The minimum atomic E-state index is -1.68. The van der Waals surface area contributed by atoms with Crippen molar-refractivity contribution in [3.05, 3.63) is 94.5 Å². The van der Waals surface area contributed by atoms with Crippen LogP contribution in [0.15, 0.2) is 71.7 Å². The molecule has 10 heteroatoms. The largest absolute Gasteiger partial charge is 0.382 e. The number of rotatable bonds is 7. The zero-order chi connectivity index (χ0) is 25.3.